The van der Waals surface area contributed by atoms with Crippen molar-refractivity contribution in [3.8, 4) is 0 Å². The molecule has 28 heavy (non-hydrogen) atoms. The highest BCUT2D eigenvalue weighted by molar-refractivity contribution is 5.75. The van der Waals surface area contributed by atoms with Crippen molar-refractivity contribution in [2.75, 3.05) is 0 Å². The molecule has 0 unspecified atom stereocenters. The molecular formula is C22H24N6. The fraction of sp³-hybridized carbons (Fsp3) is 0.364. The summed E-state index contributed by atoms with van der Waals surface area (Å²) in [5.74, 6) is 0.738. The molecular weight excluding hydrogens is 348 g/mol. The minimum Gasteiger partial charge on any atom is -0.233 e. The van der Waals surface area contributed by atoms with E-state index in [2.05, 4.69) is 84.3 Å². The van der Waals surface area contributed by atoms with E-state index in [0.29, 0.717) is 6.42 Å². The van der Waals surface area contributed by atoms with Gasteiger partial charge in [-0.3, -0.25) is 0 Å². The van der Waals surface area contributed by atoms with Gasteiger partial charge >= 0.3 is 0 Å². The predicted molar refractivity (Wildman–Crippen MR) is 110 cm³/mol. The SMILES string of the molecule is CC(C)(C)c1ccc2nc(CC(C)(C)c3ccc4nncnc4c3)nnc2c1. The minimum atomic E-state index is -0.167. The van der Waals surface area contributed by atoms with E-state index in [9.17, 15) is 0 Å². The minimum absolute atomic E-state index is 0.0744. The first kappa shape index (κ1) is 18.3. The second-order valence-electron chi connectivity index (χ2n) is 8.91. The van der Waals surface area contributed by atoms with Gasteiger partial charge in [-0.2, -0.15) is 0 Å². The summed E-state index contributed by atoms with van der Waals surface area (Å²) >= 11 is 0. The Labute approximate surface area is 164 Å². The van der Waals surface area contributed by atoms with Crippen LogP contribution in [0.3, 0.4) is 0 Å². The Bertz CT molecular complexity index is 1160. The van der Waals surface area contributed by atoms with Crippen LogP contribution in [0.1, 0.15) is 51.6 Å². The summed E-state index contributed by atoms with van der Waals surface area (Å²) in [4.78, 5) is 9.07. The van der Waals surface area contributed by atoms with Crippen molar-refractivity contribution in [1.29, 1.82) is 0 Å². The van der Waals surface area contributed by atoms with Crippen molar-refractivity contribution >= 4 is 22.1 Å². The topological polar surface area (TPSA) is 77.3 Å². The molecule has 0 aliphatic carbocycles. The molecule has 142 valence electrons. The summed E-state index contributed by atoms with van der Waals surface area (Å²) in [6, 6.07) is 12.3. The monoisotopic (exact) mass is 372 g/mol. The van der Waals surface area contributed by atoms with Crippen LogP contribution in [0.4, 0.5) is 0 Å². The first-order valence-electron chi connectivity index (χ1n) is 9.44. The molecule has 0 aliphatic rings. The number of fused-ring (bicyclic) bond motifs is 2. The van der Waals surface area contributed by atoms with Crippen LogP contribution in [-0.4, -0.2) is 30.4 Å². The standard InChI is InChI=1S/C22H24N6/c1-21(2,3)14-6-8-16-19(10-14)27-28-20(25-16)12-22(4,5)15-7-9-17-18(11-15)23-13-24-26-17/h6-11,13H,12H2,1-5H3. The van der Waals surface area contributed by atoms with E-state index in [1.807, 2.05) is 12.1 Å². The highest BCUT2D eigenvalue weighted by atomic mass is 15.2. The summed E-state index contributed by atoms with van der Waals surface area (Å²) < 4.78 is 0. The first-order chi connectivity index (χ1) is 13.2. The van der Waals surface area contributed by atoms with Crippen LogP contribution in [0.2, 0.25) is 0 Å². The molecule has 2 aromatic heterocycles. The summed E-state index contributed by atoms with van der Waals surface area (Å²) in [6.45, 7) is 10.9. The van der Waals surface area contributed by atoms with E-state index >= 15 is 0 Å². The van der Waals surface area contributed by atoms with Crippen LogP contribution in [0.5, 0.6) is 0 Å². The van der Waals surface area contributed by atoms with Crippen LogP contribution in [0, 0.1) is 0 Å². The molecule has 0 bridgehead atoms. The van der Waals surface area contributed by atoms with Gasteiger partial charge in [0.1, 0.15) is 17.4 Å². The predicted octanol–water partition coefficient (Wildman–Crippen LogP) is 4.18. The molecule has 2 heterocycles. The fourth-order valence-corrected chi connectivity index (χ4v) is 3.32. The first-order valence-corrected chi connectivity index (χ1v) is 9.44. The molecule has 0 N–H and O–H groups in total. The summed E-state index contributed by atoms with van der Waals surface area (Å²) in [5, 5.41) is 16.8. The molecule has 2 aromatic carbocycles. The Kier molecular flexibility index (Phi) is 4.29. The van der Waals surface area contributed by atoms with Crippen molar-refractivity contribution in [2.24, 2.45) is 0 Å². The van der Waals surface area contributed by atoms with Crippen molar-refractivity contribution in [3.05, 3.63) is 59.7 Å². The van der Waals surface area contributed by atoms with E-state index in [1.165, 1.54) is 11.9 Å². The Morgan fingerprint density at radius 1 is 0.714 bits per heavy atom. The quantitative estimate of drug-likeness (QED) is 0.537. The largest absolute Gasteiger partial charge is 0.233 e. The van der Waals surface area contributed by atoms with Crippen LogP contribution in [0.15, 0.2) is 42.7 Å². The Morgan fingerprint density at radius 2 is 1.43 bits per heavy atom. The molecule has 6 nitrogen and oxygen atoms in total. The number of hydrogen-bond donors (Lipinski definition) is 0. The van der Waals surface area contributed by atoms with Gasteiger partial charge in [-0.1, -0.05) is 46.8 Å². The van der Waals surface area contributed by atoms with Gasteiger partial charge in [0.15, 0.2) is 5.82 Å². The van der Waals surface area contributed by atoms with Gasteiger partial charge in [0.2, 0.25) is 0 Å². The maximum Gasteiger partial charge on any atom is 0.152 e. The van der Waals surface area contributed by atoms with Gasteiger partial charge in [0.25, 0.3) is 0 Å². The lowest BCUT2D eigenvalue weighted by molar-refractivity contribution is 0.504. The lowest BCUT2D eigenvalue weighted by Gasteiger charge is -2.24. The molecule has 0 atom stereocenters. The van der Waals surface area contributed by atoms with Crippen LogP contribution in [0.25, 0.3) is 22.1 Å². The maximum atomic E-state index is 4.76. The zero-order valence-corrected chi connectivity index (χ0v) is 16.9. The summed E-state index contributed by atoms with van der Waals surface area (Å²) in [6.07, 6.45) is 2.16. The Balaban J connectivity index is 1.65. The molecule has 4 rings (SSSR count). The number of nitrogens with zero attached hydrogens (tertiary/aromatic N) is 6. The highest BCUT2D eigenvalue weighted by Gasteiger charge is 2.24. The number of aromatic nitrogens is 6. The summed E-state index contributed by atoms with van der Waals surface area (Å²) in [5.41, 5.74) is 5.65. The highest BCUT2D eigenvalue weighted by Crippen LogP contribution is 2.29. The second kappa shape index (κ2) is 6.55. The number of hydrogen-bond acceptors (Lipinski definition) is 6. The second-order valence-corrected chi connectivity index (χ2v) is 8.91. The molecule has 4 aromatic rings. The van der Waals surface area contributed by atoms with Gasteiger partial charge in [-0.05, 0) is 46.2 Å². The summed E-state index contributed by atoms with van der Waals surface area (Å²) in [7, 11) is 0. The van der Waals surface area contributed by atoms with Crippen molar-refractivity contribution < 1.29 is 0 Å². The van der Waals surface area contributed by atoms with Gasteiger partial charge in [0, 0.05) is 6.42 Å². The molecule has 0 fully saturated rings. The smallest absolute Gasteiger partial charge is 0.152 e. The third kappa shape index (κ3) is 3.54. The lowest BCUT2D eigenvalue weighted by atomic mass is 9.81. The molecule has 0 amide bonds. The lowest BCUT2D eigenvalue weighted by Crippen LogP contribution is -2.22. The van der Waals surface area contributed by atoms with E-state index < -0.39 is 0 Å². The van der Waals surface area contributed by atoms with Crippen molar-refractivity contribution in [2.45, 2.75) is 51.9 Å². The average molecular weight is 372 g/mol. The molecule has 6 heteroatoms. The van der Waals surface area contributed by atoms with Gasteiger partial charge < -0.3 is 0 Å². The zero-order chi connectivity index (χ0) is 19.9. The van der Waals surface area contributed by atoms with E-state index in [4.69, 9.17) is 4.98 Å². The maximum absolute atomic E-state index is 4.76. The van der Waals surface area contributed by atoms with Gasteiger partial charge in [-0.15, -0.1) is 20.4 Å². The number of benzene rings is 2. The molecule has 0 radical (unpaired) electrons. The van der Waals surface area contributed by atoms with Crippen molar-refractivity contribution in [1.82, 2.24) is 30.4 Å². The van der Waals surface area contributed by atoms with E-state index in [-0.39, 0.29) is 10.8 Å². The fourth-order valence-electron chi connectivity index (χ4n) is 3.32. The van der Waals surface area contributed by atoms with Crippen molar-refractivity contribution in [3.63, 3.8) is 0 Å². The van der Waals surface area contributed by atoms with Crippen LogP contribution >= 0.6 is 0 Å². The molecule has 0 saturated carbocycles. The van der Waals surface area contributed by atoms with E-state index in [0.717, 1.165) is 33.5 Å². The Hall–Kier alpha value is -3.02. The van der Waals surface area contributed by atoms with E-state index in [1.54, 1.807) is 0 Å². The van der Waals surface area contributed by atoms with Gasteiger partial charge in [-0.25, -0.2) is 9.97 Å². The molecule has 0 saturated heterocycles. The Morgan fingerprint density at radius 3 is 2.21 bits per heavy atom. The molecule has 0 aliphatic heterocycles. The zero-order valence-electron chi connectivity index (χ0n) is 16.9. The normalized spacial score (nSPS) is 12.6. The van der Waals surface area contributed by atoms with Crippen LogP contribution in [-0.2, 0) is 17.3 Å². The third-order valence-electron chi connectivity index (χ3n) is 5.13. The third-order valence-corrected chi connectivity index (χ3v) is 5.13. The van der Waals surface area contributed by atoms with Crippen LogP contribution < -0.4 is 0 Å². The number of rotatable bonds is 3. The average Bonchev–Trinajstić information content (AvgIpc) is 2.66. The van der Waals surface area contributed by atoms with Gasteiger partial charge in [0.05, 0.1) is 11.0 Å². The molecule has 0 spiro atoms.